The molecule has 0 heterocycles. The van der Waals surface area contributed by atoms with E-state index in [2.05, 4.69) is 5.32 Å². The van der Waals surface area contributed by atoms with Crippen molar-refractivity contribution >= 4 is 5.91 Å². The second kappa shape index (κ2) is 10.5. The first kappa shape index (κ1) is 20.7. The van der Waals surface area contributed by atoms with Crippen LogP contribution in [0, 0.1) is 5.82 Å². The third-order valence-corrected chi connectivity index (χ3v) is 4.89. The monoisotopic (exact) mass is 391 g/mol. The number of nitrogens with one attached hydrogen (secondary N) is 1. The standard InChI is InChI=1S/C25H26FNO2/c1-19(21-11-13-24(26)14-12-21)15-25(28)27-16-22-9-5-6-10-23(22)18-29-17-20-7-3-2-4-8-20/h2-14,19H,15-18H2,1H3,(H,27,28). The van der Waals surface area contributed by atoms with Crippen molar-refractivity contribution in [3.05, 3.63) is 107 Å². The number of hydrogen-bond donors (Lipinski definition) is 1. The van der Waals surface area contributed by atoms with Crippen molar-refractivity contribution in [2.24, 2.45) is 0 Å². The fourth-order valence-corrected chi connectivity index (χ4v) is 3.18. The minimum absolute atomic E-state index is 0.0261. The topological polar surface area (TPSA) is 38.3 Å². The van der Waals surface area contributed by atoms with Crippen LogP contribution in [0.4, 0.5) is 4.39 Å². The second-order valence-electron chi connectivity index (χ2n) is 7.18. The summed E-state index contributed by atoms with van der Waals surface area (Å²) in [4.78, 5) is 12.4. The molecule has 0 aliphatic carbocycles. The molecule has 29 heavy (non-hydrogen) atoms. The van der Waals surface area contributed by atoms with Crippen LogP contribution in [0.2, 0.25) is 0 Å². The second-order valence-corrected chi connectivity index (χ2v) is 7.18. The summed E-state index contributed by atoms with van der Waals surface area (Å²) in [5, 5.41) is 2.99. The number of ether oxygens (including phenoxy) is 1. The van der Waals surface area contributed by atoms with Crippen LogP contribution >= 0.6 is 0 Å². The summed E-state index contributed by atoms with van der Waals surface area (Å²) in [7, 11) is 0. The van der Waals surface area contributed by atoms with Gasteiger partial charge in [0.05, 0.1) is 13.2 Å². The predicted octanol–water partition coefficient (Wildman–Crippen LogP) is 5.35. The molecule has 0 saturated heterocycles. The molecule has 0 bridgehead atoms. The quantitative estimate of drug-likeness (QED) is 0.534. The summed E-state index contributed by atoms with van der Waals surface area (Å²) in [6.45, 7) is 3.47. The molecular formula is C25H26FNO2. The Kier molecular flexibility index (Phi) is 7.54. The summed E-state index contributed by atoms with van der Waals surface area (Å²) in [6, 6.07) is 24.3. The Morgan fingerprint density at radius 3 is 2.28 bits per heavy atom. The lowest BCUT2D eigenvalue weighted by Gasteiger charge is -2.14. The highest BCUT2D eigenvalue weighted by molar-refractivity contribution is 5.76. The van der Waals surface area contributed by atoms with Crippen LogP contribution in [0.15, 0.2) is 78.9 Å². The van der Waals surface area contributed by atoms with Crippen LogP contribution < -0.4 is 5.32 Å². The molecule has 3 nitrogen and oxygen atoms in total. The predicted molar refractivity (Wildman–Crippen MR) is 113 cm³/mol. The number of carbonyl (C=O) groups excluding carboxylic acids is 1. The van der Waals surface area contributed by atoms with Gasteiger partial charge in [0.25, 0.3) is 0 Å². The van der Waals surface area contributed by atoms with E-state index in [0.717, 1.165) is 22.3 Å². The third-order valence-electron chi connectivity index (χ3n) is 4.89. The summed E-state index contributed by atoms with van der Waals surface area (Å²) in [6.07, 6.45) is 0.359. The van der Waals surface area contributed by atoms with Crippen molar-refractivity contribution in [3.8, 4) is 0 Å². The first-order chi connectivity index (χ1) is 14.1. The van der Waals surface area contributed by atoms with Gasteiger partial charge in [0.1, 0.15) is 5.82 Å². The molecule has 1 unspecified atom stereocenters. The molecule has 0 aliphatic heterocycles. The Balaban J connectivity index is 1.49. The molecule has 0 aromatic heterocycles. The zero-order valence-electron chi connectivity index (χ0n) is 16.6. The number of benzene rings is 3. The normalized spacial score (nSPS) is 11.8. The van der Waals surface area contributed by atoms with Crippen LogP contribution in [-0.2, 0) is 29.3 Å². The SMILES string of the molecule is CC(CC(=O)NCc1ccccc1COCc1ccccc1)c1ccc(F)cc1. The van der Waals surface area contributed by atoms with E-state index in [4.69, 9.17) is 4.74 Å². The molecular weight excluding hydrogens is 365 g/mol. The van der Waals surface area contributed by atoms with Gasteiger partial charge in [0.15, 0.2) is 0 Å². The van der Waals surface area contributed by atoms with Gasteiger partial charge in [0, 0.05) is 13.0 Å². The molecule has 3 aromatic carbocycles. The van der Waals surface area contributed by atoms with Gasteiger partial charge in [-0.15, -0.1) is 0 Å². The molecule has 4 heteroatoms. The van der Waals surface area contributed by atoms with Gasteiger partial charge in [0.2, 0.25) is 5.91 Å². The van der Waals surface area contributed by atoms with Crippen LogP contribution in [0.1, 0.15) is 41.5 Å². The summed E-state index contributed by atoms with van der Waals surface area (Å²) in [5.74, 6) is -0.265. The Morgan fingerprint density at radius 1 is 0.897 bits per heavy atom. The first-order valence-electron chi connectivity index (χ1n) is 9.82. The molecule has 0 fully saturated rings. The van der Waals surface area contributed by atoms with Gasteiger partial charge in [-0.3, -0.25) is 4.79 Å². The highest BCUT2D eigenvalue weighted by Gasteiger charge is 2.12. The van der Waals surface area contributed by atoms with Crippen LogP contribution in [0.3, 0.4) is 0 Å². The smallest absolute Gasteiger partial charge is 0.220 e. The average Bonchev–Trinajstić information content (AvgIpc) is 2.74. The number of halogens is 1. The minimum atomic E-state index is -0.267. The van der Waals surface area contributed by atoms with E-state index >= 15 is 0 Å². The van der Waals surface area contributed by atoms with Crippen molar-refractivity contribution in [2.45, 2.75) is 39.0 Å². The number of hydrogen-bond acceptors (Lipinski definition) is 2. The molecule has 3 aromatic rings. The average molecular weight is 391 g/mol. The maximum Gasteiger partial charge on any atom is 0.220 e. The molecule has 0 aliphatic rings. The number of rotatable bonds is 9. The van der Waals surface area contributed by atoms with E-state index in [1.165, 1.54) is 12.1 Å². The van der Waals surface area contributed by atoms with E-state index in [0.29, 0.717) is 26.2 Å². The van der Waals surface area contributed by atoms with E-state index < -0.39 is 0 Å². The van der Waals surface area contributed by atoms with E-state index in [9.17, 15) is 9.18 Å². The van der Waals surface area contributed by atoms with Gasteiger partial charge >= 0.3 is 0 Å². The lowest BCUT2D eigenvalue weighted by molar-refractivity contribution is -0.121. The summed E-state index contributed by atoms with van der Waals surface area (Å²) < 4.78 is 18.9. The maximum atomic E-state index is 13.1. The van der Waals surface area contributed by atoms with Crippen molar-refractivity contribution in [1.82, 2.24) is 5.32 Å². The molecule has 1 atom stereocenters. The first-order valence-corrected chi connectivity index (χ1v) is 9.82. The maximum absolute atomic E-state index is 13.1. The van der Waals surface area contributed by atoms with Crippen LogP contribution in [0.25, 0.3) is 0 Å². The Bertz CT molecular complexity index is 910. The highest BCUT2D eigenvalue weighted by Crippen LogP contribution is 2.19. The zero-order valence-corrected chi connectivity index (χ0v) is 16.6. The van der Waals surface area contributed by atoms with Crippen LogP contribution in [-0.4, -0.2) is 5.91 Å². The van der Waals surface area contributed by atoms with Crippen molar-refractivity contribution in [3.63, 3.8) is 0 Å². The van der Waals surface area contributed by atoms with Gasteiger partial charge in [-0.2, -0.15) is 0 Å². The lowest BCUT2D eigenvalue weighted by Crippen LogP contribution is -2.24. The number of carbonyl (C=O) groups is 1. The Hall–Kier alpha value is -2.98. The third kappa shape index (κ3) is 6.54. The lowest BCUT2D eigenvalue weighted by atomic mass is 9.97. The van der Waals surface area contributed by atoms with Gasteiger partial charge in [-0.1, -0.05) is 73.7 Å². The Labute approximate surface area is 171 Å². The molecule has 3 rings (SSSR count). The fourth-order valence-electron chi connectivity index (χ4n) is 3.18. The van der Waals surface area contributed by atoms with Crippen LogP contribution in [0.5, 0.6) is 0 Å². The molecule has 1 amide bonds. The van der Waals surface area contributed by atoms with Crippen molar-refractivity contribution in [1.29, 1.82) is 0 Å². The highest BCUT2D eigenvalue weighted by atomic mass is 19.1. The largest absolute Gasteiger partial charge is 0.372 e. The van der Waals surface area contributed by atoms with Gasteiger partial charge in [-0.25, -0.2) is 4.39 Å². The molecule has 1 N–H and O–H groups in total. The number of amides is 1. The van der Waals surface area contributed by atoms with Gasteiger partial charge in [-0.05, 0) is 40.3 Å². The molecule has 0 radical (unpaired) electrons. The van der Waals surface area contributed by atoms with Gasteiger partial charge < -0.3 is 10.1 Å². The van der Waals surface area contributed by atoms with E-state index in [1.54, 1.807) is 12.1 Å². The van der Waals surface area contributed by atoms with Crippen molar-refractivity contribution < 1.29 is 13.9 Å². The molecule has 0 saturated carbocycles. The van der Waals surface area contributed by atoms with Crippen molar-refractivity contribution in [2.75, 3.05) is 0 Å². The summed E-state index contributed by atoms with van der Waals surface area (Å²) in [5.41, 5.74) is 4.20. The molecule has 150 valence electrons. The van der Waals surface area contributed by atoms with E-state index in [-0.39, 0.29) is 17.6 Å². The Morgan fingerprint density at radius 2 is 1.55 bits per heavy atom. The fraction of sp³-hybridized carbons (Fsp3) is 0.240. The molecule has 0 spiro atoms. The van der Waals surface area contributed by atoms with E-state index in [1.807, 2.05) is 61.5 Å². The zero-order chi connectivity index (χ0) is 20.5. The summed E-state index contributed by atoms with van der Waals surface area (Å²) >= 11 is 0. The minimum Gasteiger partial charge on any atom is -0.372 e.